The van der Waals surface area contributed by atoms with E-state index in [0.29, 0.717) is 12.5 Å². The van der Waals surface area contributed by atoms with Gasteiger partial charge in [-0.3, -0.25) is 0 Å². The van der Waals surface area contributed by atoms with Crippen molar-refractivity contribution in [2.45, 2.75) is 33.2 Å². The number of para-hydroxylation sites is 2. The molecule has 1 aromatic carbocycles. The first-order valence-corrected chi connectivity index (χ1v) is 9.99. The second-order valence-electron chi connectivity index (χ2n) is 7.19. The van der Waals surface area contributed by atoms with Crippen LogP contribution < -0.4 is 15.0 Å². The van der Waals surface area contributed by atoms with Crippen LogP contribution in [0.15, 0.2) is 39.8 Å². The lowest BCUT2D eigenvalue weighted by Crippen LogP contribution is -2.52. The second kappa shape index (κ2) is 11.3. The number of ether oxygens (including phenoxy) is 1. The van der Waals surface area contributed by atoms with Crippen molar-refractivity contribution in [3.05, 3.63) is 41.8 Å². The van der Waals surface area contributed by atoms with Gasteiger partial charge in [-0.05, 0) is 25.0 Å². The molecule has 1 aliphatic rings. The number of guanidine groups is 1. The highest BCUT2D eigenvalue weighted by Crippen LogP contribution is 2.28. The number of nitrogens with one attached hydrogen (secondary N) is 1. The molecule has 3 rings (SSSR count). The Kier molecular flexibility index (Phi) is 9.06. The van der Waals surface area contributed by atoms with Crippen LogP contribution in [-0.4, -0.2) is 55.8 Å². The SMILES string of the molecule is CCNC(=NCc1cc(C(C)C)no1)N1CCN(c2ccccc2OC)CC1.I. The average Bonchev–Trinajstić information content (AvgIpc) is 3.21. The van der Waals surface area contributed by atoms with Crippen molar-refractivity contribution in [2.75, 3.05) is 44.7 Å². The quantitative estimate of drug-likeness (QED) is 0.361. The number of piperazine rings is 1. The van der Waals surface area contributed by atoms with Gasteiger partial charge in [-0.2, -0.15) is 0 Å². The molecule has 1 fully saturated rings. The molecule has 0 unspecified atom stereocenters. The number of halogens is 1. The molecule has 0 spiro atoms. The lowest BCUT2D eigenvalue weighted by atomic mass is 10.1. The maximum absolute atomic E-state index is 5.51. The number of benzene rings is 1. The summed E-state index contributed by atoms with van der Waals surface area (Å²) in [5.74, 6) is 3.00. The predicted octanol–water partition coefficient (Wildman–Crippen LogP) is 3.71. The number of nitrogens with zero attached hydrogens (tertiary/aromatic N) is 4. The van der Waals surface area contributed by atoms with Crippen molar-refractivity contribution in [1.82, 2.24) is 15.4 Å². The lowest BCUT2D eigenvalue weighted by molar-refractivity contribution is 0.361. The van der Waals surface area contributed by atoms with Gasteiger partial charge in [0.15, 0.2) is 11.7 Å². The molecule has 160 valence electrons. The Morgan fingerprint density at radius 1 is 1.24 bits per heavy atom. The minimum absolute atomic E-state index is 0. The summed E-state index contributed by atoms with van der Waals surface area (Å²) < 4.78 is 10.9. The number of hydrogen-bond donors (Lipinski definition) is 1. The van der Waals surface area contributed by atoms with Crippen molar-refractivity contribution in [1.29, 1.82) is 0 Å². The van der Waals surface area contributed by atoms with Crippen molar-refractivity contribution in [3.63, 3.8) is 0 Å². The molecule has 7 nitrogen and oxygen atoms in total. The van der Waals surface area contributed by atoms with Crippen molar-refractivity contribution in [3.8, 4) is 5.75 Å². The summed E-state index contributed by atoms with van der Waals surface area (Å²) in [6.45, 7) is 11.3. The highest BCUT2D eigenvalue weighted by atomic mass is 127. The van der Waals surface area contributed by atoms with E-state index in [1.807, 2.05) is 18.2 Å². The first-order valence-electron chi connectivity index (χ1n) is 9.99. The van der Waals surface area contributed by atoms with Crippen LogP contribution in [0.3, 0.4) is 0 Å². The number of anilines is 1. The van der Waals surface area contributed by atoms with Crippen LogP contribution in [0.4, 0.5) is 5.69 Å². The summed E-state index contributed by atoms with van der Waals surface area (Å²) in [7, 11) is 1.72. The lowest BCUT2D eigenvalue weighted by Gasteiger charge is -2.38. The Morgan fingerprint density at radius 2 is 1.97 bits per heavy atom. The van der Waals surface area contributed by atoms with Gasteiger partial charge in [0.1, 0.15) is 12.3 Å². The molecule has 0 amide bonds. The van der Waals surface area contributed by atoms with Crippen molar-refractivity contribution in [2.24, 2.45) is 4.99 Å². The molecule has 0 bridgehead atoms. The van der Waals surface area contributed by atoms with E-state index < -0.39 is 0 Å². The summed E-state index contributed by atoms with van der Waals surface area (Å²) >= 11 is 0. The molecule has 2 heterocycles. The normalized spacial score (nSPS) is 14.7. The molecule has 2 aromatic rings. The van der Waals surface area contributed by atoms with E-state index in [-0.39, 0.29) is 24.0 Å². The van der Waals surface area contributed by atoms with Gasteiger partial charge < -0.3 is 24.4 Å². The van der Waals surface area contributed by atoms with Crippen LogP contribution in [0.2, 0.25) is 0 Å². The predicted molar refractivity (Wildman–Crippen MR) is 128 cm³/mol. The molecule has 1 aliphatic heterocycles. The van der Waals surface area contributed by atoms with E-state index in [1.54, 1.807) is 7.11 Å². The van der Waals surface area contributed by atoms with Crippen LogP contribution in [-0.2, 0) is 6.54 Å². The van der Waals surface area contributed by atoms with Gasteiger partial charge in [0, 0.05) is 38.8 Å². The van der Waals surface area contributed by atoms with Crippen molar-refractivity contribution < 1.29 is 9.26 Å². The summed E-state index contributed by atoms with van der Waals surface area (Å²) in [5, 5.41) is 7.52. The van der Waals surface area contributed by atoms with Gasteiger partial charge >= 0.3 is 0 Å². The van der Waals surface area contributed by atoms with Gasteiger partial charge in [0.25, 0.3) is 0 Å². The van der Waals surface area contributed by atoms with E-state index in [4.69, 9.17) is 14.3 Å². The van der Waals surface area contributed by atoms with E-state index in [9.17, 15) is 0 Å². The zero-order valence-electron chi connectivity index (χ0n) is 17.7. The van der Waals surface area contributed by atoms with Crippen LogP contribution >= 0.6 is 24.0 Å². The van der Waals surface area contributed by atoms with Gasteiger partial charge in [-0.15, -0.1) is 24.0 Å². The van der Waals surface area contributed by atoms with E-state index in [2.05, 4.69) is 53.2 Å². The van der Waals surface area contributed by atoms with Crippen LogP contribution in [0.5, 0.6) is 5.75 Å². The fraction of sp³-hybridized carbons (Fsp3) is 0.524. The van der Waals surface area contributed by atoms with Gasteiger partial charge in [0.2, 0.25) is 0 Å². The summed E-state index contributed by atoms with van der Waals surface area (Å²) in [6.07, 6.45) is 0. The first-order chi connectivity index (χ1) is 13.6. The molecule has 0 aliphatic carbocycles. The number of aliphatic imine (C=N–C) groups is 1. The molecular weight excluding hydrogens is 481 g/mol. The Labute approximate surface area is 190 Å². The number of rotatable bonds is 6. The smallest absolute Gasteiger partial charge is 0.194 e. The number of hydrogen-bond acceptors (Lipinski definition) is 5. The zero-order valence-corrected chi connectivity index (χ0v) is 20.1. The average molecular weight is 513 g/mol. The Balaban J connectivity index is 0.00000300. The third kappa shape index (κ3) is 6.01. The molecule has 1 N–H and O–H groups in total. The highest BCUT2D eigenvalue weighted by molar-refractivity contribution is 14.0. The molecule has 8 heteroatoms. The standard InChI is InChI=1S/C21H31N5O2.HI/c1-5-22-21(23-15-17-14-18(16(2)3)24-28-17)26-12-10-25(11-13-26)19-8-6-7-9-20(19)27-4;/h6-9,14,16H,5,10-13,15H2,1-4H3,(H,22,23);1H. The maximum atomic E-state index is 5.51. The molecule has 0 radical (unpaired) electrons. The molecule has 0 atom stereocenters. The van der Waals surface area contributed by atoms with E-state index in [0.717, 1.165) is 61.6 Å². The van der Waals surface area contributed by atoms with Gasteiger partial charge in [-0.25, -0.2) is 4.99 Å². The fourth-order valence-electron chi connectivity index (χ4n) is 3.30. The third-order valence-electron chi connectivity index (χ3n) is 4.89. The Bertz CT molecular complexity index is 785. The molecule has 29 heavy (non-hydrogen) atoms. The van der Waals surface area contributed by atoms with Crippen LogP contribution in [0, 0.1) is 0 Å². The zero-order chi connectivity index (χ0) is 19.9. The number of aromatic nitrogens is 1. The van der Waals surface area contributed by atoms with Crippen LogP contribution in [0.1, 0.15) is 38.1 Å². The Hall–Kier alpha value is -1.97. The second-order valence-corrected chi connectivity index (χ2v) is 7.19. The topological polar surface area (TPSA) is 66.1 Å². The summed E-state index contributed by atoms with van der Waals surface area (Å²) in [4.78, 5) is 9.43. The monoisotopic (exact) mass is 513 g/mol. The maximum Gasteiger partial charge on any atom is 0.194 e. The van der Waals surface area contributed by atoms with E-state index in [1.165, 1.54) is 0 Å². The van der Waals surface area contributed by atoms with Gasteiger partial charge in [-0.1, -0.05) is 31.1 Å². The number of methoxy groups -OCH3 is 1. The molecular formula is C21H32IN5O2. The summed E-state index contributed by atoms with van der Waals surface area (Å²) in [5.41, 5.74) is 2.12. The molecule has 1 saturated heterocycles. The molecule has 1 aromatic heterocycles. The minimum Gasteiger partial charge on any atom is -0.495 e. The minimum atomic E-state index is 0. The van der Waals surface area contributed by atoms with Gasteiger partial charge in [0.05, 0.1) is 18.5 Å². The Morgan fingerprint density at radius 3 is 2.59 bits per heavy atom. The fourth-order valence-corrected chi connectivity index (χ4v) is 3.30. The third-order valence-corrected chi connectivity index (χ3v) is 4.89. The van der Waals surface area contributed by atoms with E-state index >= 15 is 0 Å². The van der Waals surface area contributed by atoms with Crippen molar-refractivity contribution >= 4 is 35.6 Å². The summed E-state index contributed by atoms with van der Waals surface area (Å²) in [6, 6.07) is 10.2. The molecule has 0 saturated carbocycles. The highest BCUT2D eigenvalue weighted by Gasteiger charge is 2.21. The first kappa shape index (κ1) is 23.3. The van der Waals surface area contributed by atoms with Crippen LogP contribution in [0.25, 0.3) is 0 Å². The largest absolute Gasteiger partial charge is 0.495 e.